The molecule has 0 aliphatic carbocycles. The Labute approximate surface area is 157 Å². The van der Waals surface area contributed by atoms with Crippen LogP contribution in [0.1, 0.15) is 15.9 Å². The van der Waals surface area contributed by atoms with Crippen molar-refractivity contribution in [3.63, 3.8) is 0 Å². The number of rotatable bonds is 5. The first-order valence-corrected chi connectivity index (χ1v) is 8.64. The molecule has 1 heterocycles. The van der Waals surface area contributed by atoms with Crippen molar-refractivity contribution in [1.29, 1.82) is 0 Å². The van der Waals surface area contributed by atoms with Gasteiger partial charge < -0.3 is 19.5 Å². The number of nitrogens with one attached hydrogen (secondary N) is 1. The standard InChI is InChI=1S/C22H19NO4/c1-25-19-8-6-16(7-9-19)17-3-2-4-18(12-17)22(24)23-13-15-5-10-20-21(11-15)27-14-26-20/h2-12H,13-14H2,1H3,(H,23,24). The van der Waals surface area contributed by atoms with Gasteiger partial charge in [-0.1, -0.05) is 30.3 Å². The zero-order chi connectivity index (χ0) is 18.6. The van der Waals surface area contributed by atoms with E-state index in [2.05, 4.69) is 5.32 Å². The van der Waals surface area contributed by atoms with Crippen molar-refractivity contribution in [3.05, 3.63) is 77.9 Å². The monoisotopic (exact) mass is 361 g/mol. The molecule has 0 saturated carbocycles. The van der Waals surface area contributed by atoms with Crippen LogP contribution in [0.5, 0.6) is 17.2 Å². The fourth-order valence-corrected chi connectivity index (χ4v) is 2.96. The van der Waals surface area contributed by atoms with E-state index in [-0.39, 0.29) is 12.7 Å². The van der Waals surface area contributed by atoms with Crippen LogP contribution in [0.4, 0.5) is 0 Å². The van der Waals surface area contributed by atoms with Gasteiger partial charge in [-0.3, -0.25) is 4.79 Å². The summed E-state index contributed by atoms with van der Waals surface area (Å²) in [6, 6.07) is 21.0. The van der Waals surface area contributed by atoms with Crippen molar-refractivity contribution < 1.29 is 19.0 Å². The van der Waals surface area contributed by atoms with Crippen molar-refractivity contribution >= 4 is 5.91 Å². The van der Waals surface area contributed by atoms with Crippen molar-refractivity contribution in [2.24, 2.45) is 0 Å². The van der Waals surface area contributed by atoms with E-state index in [0.717, 1.165) is 28.2 Å². The van der Waals surface area contributed by atoms with Crippen LogP contribution in [-0.2, 0) is 6.54 Å². The summed E-state index contributed by atoms with van der Waals surface area (Å²) in [4.78, 5) is 12.5. The molecule has 0 atom stereocenters. The van der Waals surface area contributed by atoms with Crippen molar-refractivity contribution in [2.75, 3.05) is 13.9 Å². The Bertz CT molecular complexity index is 966. The van der Waals surface area contributed by atoms with E-state index < -0.39 is 0 Å². The number of methoxy groups -OCH3 is 1. The summed E-state index contributed by atoms with van der Waals surface area (Å²) in [6.07, 6.45) is 0. The lowest BCUT2D eigenvalue weighted by Crippen LogP contribution is -2.22. The van der Waals surface area contributed by atoms with E-state index in [1.54, 1.807) is 7.11 Å². The lowest BCUT2D eigenvalue weighted by atomic mass is 10.0. The smallest absolute Gasteiger partial charge is 0.251 e. The summed E-state index contributed by atoms with van der Waals surface area (Å²) < 4.78 is 15.9. The summed E-state index contributed by atoms with van der Waals surface area (Å²) in [7, 11) is 1.64. The number of carbonyl (C=O) groups is 1. The van der Waals surface area contributed by atoms with Crippen molar-refractivity contribution in [3.8, 4) is 28.4 Å². The molecular formula is C22H19NO4. The van der Waals surface area contributed by atoms with E-state index in [1.807, 2.05) is 66.7 Å². The quantitative estimate of drug-likeness (QED) is 0.746. The third kappa shape index (κ3) is 3.72. The zero-order valence-corrected chi connectivity index (χ0v) is 14.9. The predicted molar refractivity (Wildman–Crippen MR) is 102 cm³/mol. The molecule has 5 heteroatoms. The van der Waals surface area contributed by atoms with Gasteiger partial charge in [-0.05, 0) is 53.1 Å². The summed E-state index contributed by atoms with van der Waals surface area (Å²) in [5.41, 5.74) is 3.58. The molecule has 27 heavy (non-hydrogen) atoms. The summed E-state index contributed by atoms with van der Waals surface area (Å²) in [6.45, 7) is 0.658. The highest BCUT2D eigenvalue weighted by Crippen LogP contribution is 2.32. The van der Waals surface area contributed by atoms with E-state index >= 15 is 0 Å². The number of carbonyl (C=O) groups excluding carboxylic acids is 1. The molecule has 1 aliphatic rings. The molecule has 0 unspecified atom stereocenters. The minimum atomic E-state index is -0.122. The average molecular weight is 361 g/mol. The summed E-state index contributed by atoms with van der Waals surface area (Å²) in [5.74, 6) is 2.12. The molecule has 0 aromatic heterocycles. The first kappa shape index (κ1) is 17.0. The van der Waals surface area contributed by atoms with Crippen LogP contribution in [-0.4, -0.2) is 19.8 Å². The molecule has 0 radical (unpaired) electrons. The summed E-state index contributed by atoms with van der Waals surface area (Å²) >= 11 is 0. The molecular weight excluding hydrogens is 342 g/mol. The molecule has 0 bridgehead atoms. The van der Waals surface area contributed by atoms with Gasteiger partial charge in [0.1, 0.15) is 5.75 Å². The number of ether oxygens (including phenoxy) is 3. The molecule has 0 fully saturated rings. The Balaban J connectivity index is 1.45. The van der Waals surface area contributed by atoms with Crippen LogP contribution in [0.2, 0.25) is 0 Å². The second-order valence-corrected chi connectivity index (χ2v) is 6.18. The van der Waals surface area contributed by atoms with Crippen LogP contribution in [0.25, 0.3) is 11.1 Å². The highest BCUT2D eigenvalue weighted by atomic mass is 16.7. The third-order valence-electron chi connectivity index (χ3n) is 4.44. The average Bonchev–Trinajstić information content (AvgIpc) is 3.20. The van der Waals surface area contributed by atoms with Crippen LogP contribution in [0, 0.1) is 0 Å². The molecule has 3 aromatic rings. The van der Waals surface area contributed by atoms with Gasteiger partial charge in [0, 0.05) is 12.1 Å². The van der Waals surface area contributed by atoms with Gasteiger partial charge >= 0.3 is 0 Å². The largest absolute Gasteiger partial charge is 0.497 e. The number of fused-ring (bicyclic) bond motifs is 1. The number of hydrogen-bond acceptors (Lipinski definition) is 4. The van der Waals surface area contributed by atoms with E-state index in [9.17, 15) is 4.79 Å². The Morgan fingerprint density at radius 2 is 1.78 bits per heavy atom. The van der Waals surface area contributed by atoms with Gasteiger partial charge in [-0.15, -0.1) is 0 Å². The SMILES string of the molecule is COc1ccc(-c2cccc(C(=O)NCc3ccc4c(c3)OCO4)c2)cc1. The second kappa shape index (κ2) is 7.41. The minimum absolute atomic E-state index is 0.122. The number of benzene rings is 3. The topological polar surface area (TPSA) is 56.8 Å². The number of amides is 1. The maximum absolute atomic E-state index is 12.5. The molecule has 136 valence electrons. The lowest BCUT2D eigenvalue weighted by Gasteiger charge is -2.08. The van der Waals surface area contributed by atoms with Gasteiger partial charge in [-0.2, -0.15) is 0 Å². The van der Waals surface area contributed by atoms with Crippen molar-refractivity contribution in [2.45, 2.75) is 6.54 Å². The molecule has 0 spiro atoms. The summed E-state index contributed by atoms with van der Waals surface area (Å²) in [5, 5.41) is 2.95. The second-order valence-electron chi connectivity index (χ2n) is 6.18. The number of hydrogen-bond donors (Lipinski definition) is 1. The van der Waals surface area contributed by atoms with E-state index in [0.29, 0.717) is 17.9 Å². The van der Waals surface area contributed by atoms with Gasteiger partial charge in [0.2, 0.25) is 6.79 Å². The van der Waals surface area contributed by atoms with Gasteiger partial charge in [0.05, 0.1) is 7.11 Å². The highest BCUT2D eigenvalue weighted by molar-refractivity contribution is 5.95. The van der Waals surface area contributed by atoms with Gasteiger partial charge in [0.25, 0.3) is 5.91 Å². The first-order valence-electron chi connectivity index (χ1n) is 8.64. The van der Waals surface area contributed by atoms with E-state index in [1.165, 1.54) is 0 Å². The molecule has 5 nitrogen and oxygen atoms in total. The predicted octanol–water partition coefficient (Wildman–Crippen LogP) is 4.02. The Kier molecular flexibility index (Phi) is 4.66. The highest BCUT2D eigenvalue weighted by Gasteiger charge is 2.14. The molecule has 0 saturated heterocycles. The maximum atomic E-state index is 12.5. The molecule has 4 rings (SSSR count). The van der Waals surface area contributed by atoms with Crippen LogP contribution in [0.15, 0.2) is 66.7 Å². The Morgan fingerprint density at radius 3 is 2.59 bits per heavy atom. The Hall–Kier alpha value is -3.47. The normalized spacial score (nSPS) is 11.9. The van der Waals surface area contributed by atoms with Crippen molar-refractivity contribution in [1.82, 2.24) is 5.32 Å². The minimum Gasteiger partial charge on any atom is -0.497 e. The van der Waals surface area contributed by atoms with Crippen LogP contribution >= 0.6 is 0 Å². The lowest BCUT2D eigenvalue weighted by molar-refractivity contribution is 0.0951. The third-order valence-corrected chi connectivity index (χ3v) is 4.44. The molecule has 3 aromatic carbocycles. The van der Waals surface area contributed by atoms with Crippen LogP contribution < -0.4 is 19.5 Å². The fourth-order valence-electron chi connectivity index (χ4n) is 2.96. The molecule has 1 N–H and O–H groups in total. The van der Waals surface area contributed by atoms with E-state index in [4.69, 9.17) is 14.2 Å². The molecule has 1 aliphatic heterocycles. The van der Waals surface area contributed by atoms with Gasteiger partial charge in [-0.25, -0.2) is 0 Å². The molecule has 1 amide bonds. The maximum Gasteiger partial charge on any atom is 0.251 e. The Morgan fingerprint density at radius 1 is 0.963 bits per heavy atom. The van der Waals surface area contributed by atoms with Crippen LogP contribution in [0.3, 0.4) is 0 Å². The fraction of sp³-hybridized carbons (Fsp3) is 0.136. The zero-order valence-electron chi connectivity index (χ0n) is 14.9. The first-order chi connectivity index (χ1) is 13.2. The van der Waals surface area contributed by atoms with Gasteiger partial charge in [0.15, 0.2) is 11.5 Å².